The number of para-hydroxylation sites is 2. The molecule has 0 N–H and O–H groups in total. The molecule has 4 rings (SSSR count). The molecular formula is C22H19BrN2. The first-order chi connectivity index (χ1) is 12.3. The average molecular weight is 391 g/mol. The van der Waals surface area contributed by atoms with Gasteiger partial charge in [0.2, 0.25) is 0 Å². The van der Waals surface area contributed by atoms with Crippen LogP contribution in [0.4, 0.5) is 0 Å². The Labute approximate surface area is 156 Å². The number of fused-ring (bicyclic) bond motifs is 1. The van der Waals surface area contributed by atoms with Crippen LogP contribution in [0.5, 0.6) is 0 Å². The highest BCUT2D eigenvalue weighted by Gasteiger charge is 2.11. The van der Waals surface area contributed by atoms with E-state index in [0.29, 0.717) is 0 Å². The number of nitrogens with zero attached hydrogens (tertiary/aromatic N) is 2. The summed E-state index contributed by atoms with van der Waals surface area (Å²) in [5.74, 6) is 1.15. The van der Waals surface area contributed by atoms with Crippen molar-refractivity contribution in [1.82, 2.24) is 9.55 Å². The van der Waals surface area contributed by atoms with Crippen molar-refractivity contribution in [2.24, 2.45) is 0 Å². The first-order valence-corrected chi connectivity index (χ1v) is 9.31. The number of hydrogen-bond acceptors (Lipinski definition) is 1. The number of aromatic nitrogens is 2. The minimum absolute atomic E-state index is 0.845. The molecule has 0 aliphatic rings. The van der Waals surface area contributed by atoms with Crippen molar-refractivity contribution in [1.29, 1.82) is 0 Å². The summed E-state index contributed by atoms with van der Waals surface area (Å²) in [6, 6.07) is 27.5. The van der Waals surface area contributed by atoms with E-state index in [4.69, 9.17) is 4.98 Å². The van der Waals surface area contributed by atoms with Crippen molar-refractivity contribution in [3.8, 4) is 0 Å². The largest absolute Gasteiger partial charge is 0.323 e. The lowest BCUT2D eigenvalue weighted by Crippen LogP contribution is -2.06. The van der Waals surface area contributed by atoms with Gasteiger partial charge in [-0.15, -0.1) is 0 Å². The second-order valence-electron chi connectivity index (χ2n) is 6.21. The number of benzene rings is 3. The van der Waals surface area contributed by atoms with Gasteiger partial charge in [-0.3, -0.25) is 0 Å². The van der Waals surface area contributed by atoms with Crippen LogP contribution in [-0.4, -0.2) is 9.55 Å². The van der Waals surface area contributed by atoms with Crippen molar-refractivity contribution < 1.29 is 0 Å². The molecule has 0 fully saturated rings. The second-order valence-corrected chi connectivity index (χ2v) is 7.13. The Morgan fingerprint density at radius 1 is 0.720 bits per heavy atom. The van der Waals surface area contributed by atoms with E-state index < -0.39 is 0 Å². The fourth-order valence-corrected chi connectivity index (χ4v) is 3.43. The maximum atomic E-state index is 4.90. The number of rotatable bonds is 5. The number of hydrogen-bond donors (Lipinski definition) is 0. The van der Waals surface area contributed by atoms with Gasteiger partial charge in [-0.2, -0.15) is 0 Å². The molecule has 1 heterocycles. The van der Waals surface area contributed by atoms with Gasteiger partial charge >= 0.3 is 0 Å². The first-order valence-electron chi connectivity index (χ1n) is 8.52. The van der Waals surface area contributed by atoms with Crippen molar-refractivity contribution in [3.05, 3.63) is 100 Å². The molecule has 0 aliphatic carbocycles. The van der Waals surface area contributed by atoms with Crippen LogP contribution in [0.25, 0.3) is 11.0 Å². The summed E-state index contributed by atoms with van der Waals surface area (Å²) >= 11 is 3.51. The van der Waals surface area contributed by atoms with Crippen LogP contribution in [0.15, 0.2) is 83.3 Å². The molecule has 0 saturated heterocycles. The third-order valence-electron chi connectivity index (χ3n) is 4.47. The Morgan fingerprint density at radius 2 is 1.44 bits per heavy atom. The van der Waals surface area contributed by atoms with Crippen LogP contribution < -0.4 is 0 Å². The minimum Gasteiger partial charge on any atom is -0.323 e. The van der Waals surface area contributed by atoms with Crippen molar-refractivity contribution >= 4 is 27.0 Å². The van der Waals surface area contributed by atoms with E-state index in [9.17, 15) is 0 Å². The highest BCUT2D eigenvalue weighted by Crippen LogP contribution is 2.20. The predicted octanol–water partition coefficient (Wildman–Crippen LogP) is 5.63. The molecule has 0 amide bonds. The van der Waals surface area contributed by atoms with Gasteiger partial charge in [0.1, 0.15) is 5.82 Å². The summed E-state index contributed by atoms with van der Waals surface area (Å²) in [7, 11) is 0. The first kappa shape index (κ1) is 16.1. The van der Waals surface area contributed by atoms with Crippen LogP contribution in [-0.2, 0) is 19.4 Å². The molecule has 0 bridgehead atoms. The standard InChI is InChI=1S/C22H19BrN2/c23-19-13-10-18(11-14-19)16-25-21-9-5-4-8-20(21)24-22(25)15-12-17-6-2-1-3-7-17/h1-11,13-14H,12,15-16H2. The SMILES string of the molecule is Brc1ccc(Cn2c(CCc3ccccc3)nc3ccccc32)cc1. The Balaban J connectivity index is 1.66. The molecule has 3 aromatic carbocycles. The van der Waals surface area contributed by atoms with Crippen molar-refractivity contribution in [2.75, 3.05) is 0 Å². The molecule has 0 spiro atoms. The quantitative estimate of drug-likeness (QED) is 0.431. The zero-order valence-corrected chi connectivity index (χ0v) is 15.5. The molecule has 0 atom stereocenters. The molecule has 4 aromatic rings. The van der Waals surface area contributed by atoms with Gasteiger partial charge in [-0.1, -0.05) is 70.5 Å². The van der Waals surface area contributed by atoms with Gasteiger partial charge in [0.25, 0.3) is 0 Å². The minimum atomic E-state index is 0.845. The molecule has 2 nitrogen and oxygen atoms in total. The molecule has 1 aromatic heterocycles. The number of imidazole rings is 1. The van der Waals surface area contributed by atoms with Crippen LogP contribution in [0, 0.1) is 0 Å². The van der Waals surface area contributed by atoms with E-state index in [1.807, 2.05) is 0 Å². The molecule has 25 heavy (non-hydrogen) atoms. The molecule has 0 aliphatic heterocycles. The van der Waals surface area contributed by atoms with Gasteiger partial charge < -0.3 is 4.57 Å². The average Bonchev–Trinajstić information content (AvgIpc) is 3.00. The van der Waals surface area contributed by atoms with Crippen LogP contribution >= 0.6 is 15.9 Å². The Kier molecular flexibility index (Phi) is 4.66. The molecule has 0 saturated carbocycles. The molecule has 0 radical (unpaired) electrons. The fourth-order valence-electron chi connectivity index (χ4n) is 3.17. The molecule has 0 unspecified atom stereocenters. The third kappa shape index (κ3) is 3.67. The zero-order valence-electron chi connectivity index (χ0n) is 13.9. The lowest BCUT2D eigenvalue weighted by molar-refractivity contribution is 0.730. The highest BCUT2D eigenvalue weighted by molar-refractivity contribution is 9.10. The third-order valence-corrected chi connectivity index (χ3v) is 5.00. The lowest BCUT2D eigenvalue weighted by Gasteiger charge is -2.10. The van der Waals surface area contributed by atoms with Gasteiger partial charge in [-0.05, 0) is 41.8 Å². The monoisotopic (exact) mass is 390 g/mol. The lowest BCUT2D eigenvalue weighted by atomic mass is 10.1. The Morgan fingerprint density at radius 3 is 2.24 bits per heavy atom. The summed E-state index contributed by atoms with van der Waals surface area (Å²) in [6.07, 6.45) is 1.94. The van der Waals surface area contributed by atoms with E-state index in [-0.39, 0.29) is 0 Å². The Hall–Kier alpha value is -2.39. The van der Waals surface area contributed by atoms with E-state index in [2.05, 4.69) is 99.4 Å². The maximum Gasteiger partial charge on any atom is 0.110 e. The van der Waals surface area contributed by atoms with Gasteiger partial charge in [0.05, 0.1) is 11.0 Å². The van der Waals surface area contributed by atoms with Crippen molar-refractivity contribution in [2.45, 2.75) is 19.4 Å². The Bertz CT molecular complexity index is 972. The summed E-state index contributed by atoms with van der Waals surface area (Å²) < 4.78 is 3.46. The fraction of sp³-hybridized carbons (Fsp3) is 0.136. The highest BCUT2D eigenvalue weighted by atomic mass is 79.9. The summed E-state index contributed by atoms with van der Waals surface area (Å²) in [5.41, 5.74) is 4.91. The smallest absolute Gasteiger partial charge is 0.110 e. The van der Waals surface area contributed by atoms with E-state index in [0.717, 1.165) is 35.2 Å². The van der Waals surface area contributed by atoms with Crippen LogP contribution in [0.3, 0.4) is 0 Å². The maximum absolute atomic E-state index is 4.90. The van der Waals surface area contributed by atoms with Crippen LogP contribution in [0.2, 0.25) is 0 Å². The van der Waals surface area contributed by atoms with Gasteiger partial charge in [0, 0.05) is 17.4 Å². The number of halogens is 1. The summed E-state index contributed by atoms with van der Waals surface area (Å²) in [5, 5.41) is 0. The zero-order chi connectivity index (χ0) is 17.1. The van der Waals surface area contributed by atoms with E-state index in [1.165, 1.54) is 16.6 Å². The van der Waals surface area contributed by atoms with E-state index in [1.54, 1.807) is 0 Å². The van der Waals surface area contributed by atoms with Crippen LogP contribution in [0.1, 0.15) is 17.0 Å². The normalized spacial score (nSPS) is 11.1. The molecule has 124 valence electrons. The molecular weight excluding hydrogens is 372 g/mol. The predicted molar refractivity (Wildman–Crippen MR) is 107 cm³/mol. The van der Waals surface area contributed by atoms with Gasteiger partial charge in [-0.25, -0.2) is 4.98 Å². The number of aryl methyl sites for hydroxylation is 2. The topological polar surface area (TPSA) is 17.8 Å². The summed E-state index contributed by atoms with van der Waals surface area (Å²) in [6.45, 7) is 0.845. The second kappa shape index (κ2) is 7.24. The van der Waals surface area contributed by atoms with Crippen molar-refractivity contribution in [3.63, 3.8) is 0 Å². The van der Waals surface area contributed by atoms with Gasteiger partial charge in [0.15, 0.2) is 0 Å². The molecule has 3 heteroatoms. The van der Waals surface area contributed by atoms with E-state index >= 15 is 0 Å². The summed E-state index contributed by atoms with van der Waals surface area (Å²) in [4.78, 5) is 4.90.